The van der Waals surface area contributed by atoms with E-state index < -0.39 is 5.97 Å². The van der Waals surface area contributed by atoms with Gasteiger partial charge in [-0.05, 0) is 31.7 Å². The number of aliphatic carboxylic acids is 1. The summed E-state index contributed by atoms with van der Waals surface area (Å²) in [5, 5.41) is 10.8. The first-order valence-electron chi connectivity index (χ1n) is 4.61. The third-order valence-electron chi connectivity index (χ3n) is 3.36. The molecule has 0 bridgehead atoms. The summed E-state index contributed by atoms with van der Waals surface area (Å²) >= 11 is 0. The lowest BCUT2D eigenvalue weighted by atomic mass is 9.94. The molecule has 2 fully saturated rings. The third kappa shape index (κ3) is 3.57. The molecule has 2 aliphatic rings. The van der Waals surface area contributed by atoms with Crippen LogP contribution in [-0.2, 0) is 4.79 Å². The van der Waals surface area contributed by atoms with E-state index in [9.17, 15) is 9.90 Å². The fourth-order valence-corrected chi connectivity index (χ4v) is 2.87. The highest BCUT2D eigenvalue weighted by molar-refractivity contribution is 7.59. The maximum atomic E-state index is 10.8. The van der Waals surface area contributed by atoms with Crippen molar-refractivity contribution < 1.29 is 9.90 Å². The van der Waals surface area contributed by atoms with Crippen molar-refractivity contribution in [2.45, 2.75) is 40.2 Å². The van der Waals surface area contributed by atoms with Gasteiger partial charge in [0.1, 0.15) is 0 Å². The van der Waals surface area contributed by atoms with Crippen molar-refractivity contribution in [2.24, 2.45) is 11.8 Å². The number of nitrogens with zero attached hydrogens (tertiary/aromatic N) is 1. The number of hydrogen-bond donors (Lipinski definition) is 0. The molecule has 3 nitrogen and oxygen atoms in total. The Balaban J connectivity index is -0.000000422. The predicted molar refractivity (Wildman–Crippen MR) is 76.5 cm³/mol. The number of carboxylic acids is 1. The molecule has 0 spiro atoms. The number of likely N-dealkylation sites (N-methyl/N-ethyl adjacent to an activating group) is 1. The van der Waals surface area contributed by atoms with Crippen LogP contribution in [0.25, 0.3) is 0 Å². The summed E-state index contributed by atoms with van der Waals surface area (Å²) in [6.45, 7) is 0.948. The zero-order chi connectivity index (χ0) is 8.72. The first kappa shape index (κ1) is 21.4. The van der Waals surface area contributed by atoms with Crippen LogP contribution in [0.15, 0.2) is 0 Å². The highest BCUT2D eigenvalue weighted by atomic mass is 32.1. The van der Waals surface area contributed by atoms with E-state index >= 15 is 0 Å². The van der Waals surface area contributed by atoms with Gasteiger partial charge in [-0.15, -0.1) is 0 Å². The highest BCUT2D eigenvalue weighted by Gasteiger charge is 2.42. The first-order valence-corrected chi connectivity index (χ1v) is 4.61. The van der Waals surface area contributed by atoms with E-state index in [1.165, 1.54) is 12.8 Å². The molecule has 1 aliphatic heterocycles. The van der Waals surface area contributed by atoms with E-state index in [2.05, 4.69) is 0 Å². The van der Waals surface area contributed by atoms with Gasteiger partial charge in [0.2, 0.25) is 0 Å². The molecule has 16 heavy (non-hydrogen) atoms. The van der Waals surface area contributed by atoms with Crippen molar-refractivity contribution in [3.63, 3.8) is 0 Å². The van der Waals surface area contributed by atoms with Crippen LogP contribution in [0.1, 0.15) is 34.1 Å². The van der Waals surface area contributed by atoms with E-state index in [0.717, 1.165) is 13.0 Å². The van der Waals surface area contributed by atoms with Crippen LogP contribution in [0.5, 0.6) is 0 Å². The molecule has 0 radical (unpaired) electrons. The molecule has 100 valence electrons. The Kier molecular flexibility index (Phi) is 11.0. The van der Waals surface area contributed by atoms with Crippen LogP contribution in [0.3, 0.4) is 0 Å². The second-order valence-corrected chi connectivity index (χ2v) is 4.06. The third-order valence-corrected chi connectivity index (χ3v) is 3.36. The summed E-state index contributed by atoms with van der Waals surface area (Å²) in [5.74, 6) is 0.116. The molecular weight excluding hydrogens is 242 g/mol. The molecule has 5 heteroatoms. The first-order chi connectivity index (χ1) is 5.70. The maximum absolute atomic E-state index is 10.8. The van der Waals surface area contributed by atoms with Gasteiger partial charge in [-0.2, -0.15) is 27.0 Å². The van der Waals surface area contributed by atoms with Gasteiger partial charge in [-0.3, -0.25) is 4.90 Å². The number of carbonyl (C=O) groups is 1. The molecule has 0 aromatic heterocycles. The molecule has 0 amide bonds. The number of carbonyl (C=O) groups excluding carboxylic acids is 1. The summed E-state index contributed by atoms with van der Waals surface area (Å²) in [6, 6.07) is -0.308. The minimum absolute atomic E-state index is 0. The highest BCUT2D eigenvalue weighted by Crippen LogP contribution is 2.41. The fraction of sp³-hybridized carbons (Fsp3) is 0.909. The molecular formula is C11H26NO2S2-. The standard InChI is InChI=1S/C9H15NO2.2CH4.2H2S/c1-10-5-6-3-2-4-7(6)8(10)9(11)12;;;;/h6-8H,2-5H2,1H3,(H,11,12);2*1H4;2*1H2/p-1/t6-,7-,8-;;;;/m0..../s1. The van der Waals surface area contributed by atoms with Crippen molar-refractivity contribution in [3.05, 3.63) is 0 Å². The van der Waals surface area contributed by atoms with Gasteiger partial charge in [0.15, 0.2) is 0 Å². The van der Waals surface area contributed by atoms with Crippen molar-refractivity contribution in [2.75, 3.05) is 13.6 Å². The van der Waals surface area contributed by atoms with Crippen molar-refractivity contribution >= 4 is 33.0 Å². The Bertz CT molecular complexity index is 214. The fourth-order valence-electron chi connectivity index (χ4n) is 2.87. The Morgan fingerprint density at radius 2 is 1.81 bits per heavy atom. The molecule has 0 N–H and O–H groups in total. The average molecular weight is 268 g/mol. The minimum Gasteiger partial charge on any atom is -0.548 e. The lowest BCUT2D eigenvalue weighted by molar-refractivity contribution is -0.311. The van der Waals surface area contributed by atoms with E-state index in [1.807, 2.05) is 11.9 Å². The largest absolute Gasteiger partial charge is 0.548 e. The van der Waals surface area contributed by atoms with Gasteiger partial charge in [0, 0.05) is 6.54 Å². The van der Waals surface area contributed by atoms with Gasteiger partial charge in [0.25, 0.3) is 0 Å². The zero-order valence-corrected chi connectivity index (χ0v) is 10.3. The molecule has 0 aromatic carbocycles. The second-order valence-electron chi connectivity index (χ2n) is 4.06. The number of fused-ring (bicyclic) bond motifs is 1. The van der Waals surface area contributed by atoms with Gasteiger partial charge in [-0.1, -0.05) is 21.3 Å². The SMILES string of the molecule is C.C.CN1C[C@@H]2CCC[C@@H]2[C@H]1C(=O)[O-].S.S. The minimum atomic E-state index is -0.882. The maximum Gasteiger partial charge on any atom is 0.0589 e. The summed E-state index contributed by atoms with van der Waals surface area (Å²) in [4.78, 5) is 12.7. The van der Waals surface area contributed by atoms with Gasteiger partial charge < -0.3 is 9.90 Å². The van der Waals surface area contributed by atoms with E-state index in [0.29, 0.717) is 11.8 Å². The van der Waals surface area contributed by atoms with Gasteiger partial charge in [0.05, 0.1) is 12.0 Å². The number of rotatable bonds is 1. The number of hydrogen-bond acceptors (Lipinski definition) is 3. The lowest BCUT2D eigenvalue weighted by Crippen LogP contribution is -2.45. The Labute approximate surface area is 113 Å². The molecule has 2 rings (SSSR count). The van der Waals surface area contributed by atoms with Crippen LogP contribution in [0, 0.1) is 11.8 Å². The molecule has 1 heterocycles. The monoisotopic (exact) mass is 268 g/mol. The summed E-state index contributed by atoms with van der Waals surface area (Å²) in [7, 11) is 1.89. The molecule has 0 aromatic rings. The Morgan fingerprint density at radius 3 is 2.31 bits per heavy atom. The van der Waals surface area contributed by atoms with Crippen LogP contribution < -0.4 is 5.11 Å². The van der Waals surface area contributed by atoms with Crippen LogP contribution in [0.4, 0.5) is 0 Å². The molecule has 1 saturated heterocycles. The molecule has 3 atom stereocenters. The average Bonchev–Trinajstić information content (AvgIpc) is 2.44. The summed E-state index contributed by atoms with van der Waals surface area (Å²) in [6.07, 6.45) is 3.49. The van der Waals surface area contributed by atoms with Gasteiger partial charge in [-0.25, -0.2) is 0 Å². The van der Waals surface area contributed by atoms with E-state index in [1.54, 1.807) is 0 Å². The Morgan fingerprint density at radius 1 is 1.25 bits per heavy atom. The second kappa shape index (κ2) is 8.25. The summed E-state index contributed by atoms with van der Waals surface area (Å²) in [5.41, 5.74) is 0. The normalized spacial score (nSPS) is 31.2. The van der Waals surface area contributed by atoms with Gasteiger partial charge >= 0.3 is 0 Å². The molecule has 0 unspecified atom stereocenters. The smallest absolute Gasteiger partial charge is 0.0589 e. The van der Waals surface area contributed by atoms with E-state index in [4.69, 9.17) is 0 Å². The summed E-state index contributed by atoms with van der Waals surface area (Å²) < 4.78 is 0. The topological polar surface area (TPSA) is 43.4 Å². The van der Waals surface area contributed by atoms with E-state index in [-0.39, 0.29) is 47.9 Å². The number of carboxylic acid groups (broad SMARTS) is 1. The van der Waals surface area contributed by atoms with Crippen molar-refractivity contribution in [1.82, 2.24) is 4.90 Å². The zero-order valence-electron chi connectivity index (χ0n) is 8.32. The number of likely N-dealkylation sites (tertiary alicyclic amines) is 1. The Hall–Kier alpha value is 0.130. The van der Waals surface area contributed by atoms with Crippen molar-refractivity contribution in [3.8, 4) is 0 Å². The lowest BCUT2D eigenvalue weighted by Gasteiger charge is -2.24. The quantitative estimate of drug-likeness (QED) is 0.711. The van der Waals surface area contributed by atoms with Crippen molar-refractivity contribution in [1.29, 1.82) is 0 Å². The predicted octanol–water partition coefficient (Wildman–Crippen LogP) is 0.964. The van der Waals surface area contributed by atoms with Crippen LogP contribution in [-0.4, -0.2) is 30.5 Å². The molecule has 1 saturated carbocycles. The molecule has 1 aliphatic carbocycles. The van der Waals surface area contributed by atoms with Crippen LogP contribution in [0.2, 0.25) is 0 Å². The van der Waals surface area contributed by atoms with Crippen LogP contribution >= 0.6 is 27.0 Å².